The van der Waals surface area contributed by atoms with E-state index in [1.165, 1.54) is 16.6 Å². The van der Waals surface area contributed by atoms with Crippen molar-refractivity contribution in [3.05, 3.63) is 87.9 Å². The van der Waals surface area contributed by atoms with Gasteiger partial charge in [-0.15, -0.1) is 21.5 Å². The zero-order valence-electron chi connectivity index (χ0n) is 16.4. The molecule has 0 radical (unpaired) electrons. The summed E-state index contributed by atoms with van der Waals surface area (Å²) in [4.78, 5) is 25.6. The summed E-state index contributed by atoms with van der Waals surface area (Å²) >= 11 is 3.06. The van der Waals surface area contributed by atoms with Crippen LogP contribution in [0, 0.1) is 0 Å². The van der Waals surface area contributed by atoms with Crippen molar-refractivity contribution in [2.75, 3.05) is 11.1 Å². The monoisotopic (exact) mass is 446 g/mol. The average molecular weight is 447 g/mol. The molecule has 0 atom stereocenters. The van der Waals surface area contributed by atoms with Crippen molar-refractivity contribution in [1.82, 2.24) is 14.8 Å². The first-order chi connectivity index (χ1) is 15.2. The van der Waals surface area contributed by atoms with Crippen LogP contribution in [0.1, 0.15) is 26.6 Å². The highest BCUT2D eigenvalue weighted by Crippen LogP contribution is 2.27. The number of thioether (sulfide) groups is 1. The number of fused-ring (bicyclic) bond motifs is 1. The lowest BCUT2D eigenvalue weighted by molar-refractivity contribution is -0.115. The van der Waals surface area contributed by atoms with E-state index in [0.717, 1.165) is 22.8 Å². The normalized spacial score (nSPS) is 12.6. The lowest BCUT2D eigenvalue weighted by atomic mass is 10.1. The number of anilines is 1. The molecule has 31 heavy (non-hydrogen) atoms. The van der Waals surface area contributed by atoms with E-state index in [9.17, 15) is 9.59 Å². The smallest absolute Gasteiger partial charge is 0.228 e. The fraction of sp³-hybridized carbons (Fsp3) is 0.130. The van der Waals surface area contributed by atoms with Crippen LogP contribution in [0.5, 0.6) is 0 Å². The van der Waals surface area contributed by atoms with Gasteiger partial charge in [-0.1, -0.05) is 36.0 Å². The lowest BCUT2D eigenvalue weighted by Gasteiger charge is -2.10. The maximum absolute atomic E-state index is 12.8. The van der Waals surface area contributed by atoms with Gasteiger partial charge in [0.1, 0.15) is 5.82 Å². The number of amides is 1. The number of thiophene rings is 1. The maximum Gasteiger partial charge on any atom is 0.228 e. The third kappa shape index (κ3) is 4.17. The minimum Gasteiger partial charge on any atom is -0.326 e. The van der Waals surface area contributed by atoms with Crippen molar-refractivity contribution in [1.29, 1.82) is 0 Å². The number of hydrogen-bond donors (Lipinski definition) is 1. The third-order valence-electron chi connectivity index (χ3n) is 5.01. The molecule has 2 aromatic heterocycles. The zero-order chi connectivity index (χ0) is 21.2. The maximum atomic E-state index is 12.8. The molecule has 4 aromatic rings. The van der Waals surface area contributed by atoms with Crippen molar-refractivity contribution < 1.29 is 9.59 Å². The van der Waals surface area contributed by atoms with Gasteiger partial charge in [-0.3, -0.25) is 14.2 Å². The molecule has 1 N–H and O–H groups in total. The van der Waals surface area contributed by atoms with Crippen LogP contribution in [0.25, 0.3) is 5.69 Å². The summed E-state index contributed by atoms with van der Waals surface area (Å²) in [7, 11) is 0. The minimum atomic E-state index is -0.0387. The van der Waals surface area contributed by atoms with Crippen LogP contribution in [0.3, 0.4) is 0 Å². The van der Waals surface area contributed by atoms with Crippen molar-refractivity contribution in [3.63, 3.8) is 0 Å². The highest BCUT2D eigenvalue weighted by atomic mass is 32.2. The Kier molecular flexibility index (Phi) is 5.40. The zero-order valence-corrected chi connectivity index (χ0v) is 18.1. The quantitative estimate of drug-likeness (QED) is 0.337. The van der Waals surface area contributed by atoms with Gasteiger partial charge in [0.05, 0.1) is 12.2 Å². The van der Waals surface area contributed by atoms with Gasteiger partial charge in [0.25, 0.3) is 0 Å². The number of carbonyl (C=O) groups is 2. The summed E-state index contributed by atoms with van der Waals surface area (Å²) < 4.78 is 2.02. The number of hydrogen-bond acceptors (Lipinski definition) is 6. The molecule has 1 aliphatic heterocycles. The molecule has 0 bridgehead atoms. The van der Waals surface area contributed by atoms with E-state index < -0.39 is 0 Å². The molecule has 0 unspecified atom stereocenters. The number of rotatable bonds is 7. The summed E-state index contributed by atoms with van der Waals surface area (Å²) in [6.07, 6.45) is 0.998. The molecule has 0 fully saturated rings. The molecule has 8 heteroatoms. The molecule has 2 aromatic carbocycles. The lowest BCUT2D eigenvalue weighted by Crippen LogP contribution is -2.06. The van der Waals surface area contributed by atoms with Crippen molar-refractivity contribution >= 4 is 40.5 Å². The fourth-order valence-electron chi connectivity index (χ4n) is 3.53. The van der Waals surface area contributed by atoms with Gasteiger partial charge in [-0.2, -0.15) is 0 Å². The molecule has 3 heterocycles. The van der Waals surface area contributed by atoms with E-state index in [-0.39, 0.29) is 17.4 Å². The number of benzene rings is 2. The Labute approximate surface area is 187 Å². The molecule has 1 aliphatic rings. The summed E-state index contributed by atoms with van der Waals surface area (Å²) in [5, 5.41) is 14.3. The highest BCUT2D eigenvalue weighted by molar-refractivity contribution is 7.99. The number of aromatic nitrogens is 3. The summed E-state index contributed by atoms with van der Waals surface area (Å²) in [6, 6.07) is 19.4. The van der Waals surface area contributed by atoms with Crippen LogP contribution >= 0.6 is 23.1 Å². The molecule has 0 aliphatic carbocycles. The third-order valence-corrected chi connectivity index (χ3v) is 6.82. The van der Waals surface area contributed by atoms with E-state index in [0.29, 0.717) is 23.6 Å². The standard InChI is InChI=1S/C23H18N4O2S2/c28-20(15-8-9-19-16(11-15)12-22(29)24-19)14-31-23-26-25-21(13-18-7-4-10-30-18)27(23)17-5-2-1-3-6-17/h1-11H,12-14H2,(H,24,29). The second-order valence-electron chi connectivity index (χ2n) is 7.13. The molecular formula is C23H18N4O2S2. The predicted octanol–water partition coefficient (Wildman–Crippen LogP) is 4.39. The molecule has 5 rings (SSSR count). The van der Waals surface area contributed by atoms with Crippen molar-refractivity contribution in [2.45, 2.75) is 18.0 Å². The summed E-state index contributed by atoms with van der Waals surface area (Å²) in [5.74, 6) is 1.04. The molecule has 6 nitrogen and oxygen atoms in total. The molecule has 154 valence electrons. The second kappa shape index (κ2) is 8.49. The Bertz CT molecular complexity index is 1250. The summed E-state index contributed by atoms with van der Waals surface area (Å²) in [5.41, 5.74) is 3.23. The molecule has 0 saturated carbocycles. The first-order valence-electron chi connectivity index (χ1n) is 9.78. The topological polar surface area (TPSA) is 76.9 Å². The minimum absolute atomic E-state index is 0.00503. The largest absolute Gasteiger partial charge is 0.326 e. The van der Waals surface area contributed by atoms with Crippen LogP contribution in [-0.2, 0) is 17.6 Å². The average Bonchev–Trinajstić information content (AvgIpc) is 3.52. The number of para-hydroxylation sites is 1. The van der Waals surface area contributed by atoms with Crippen LogP contribution < -0.4 is 5.32 Å². The number of nitrogens with zero attached hydrogens (tertiary/aromatic N) is 3. The van der Waals surface area contributed by atoms with E-state index in [4.69, 9.17) is 0 Å². The number of carbonyl (C=O) groups excluding carboxylic acids is 2. The molecule has 0 spiro atoms. The number of ketones is 1. The fourth-order valence-corrected chi connectivity index (χ4v) is 5.10. The van der Waals surface area contributed by atoms with Crippen molar-refractivity contribution in [2.24, 2.45) is 0 Å². The Morgan fingerprint density at radius 1 is 1.10 bits per heavy atom. The van der Waals surface area contributed by atoms with E-state index in [2.05, 4.69) is 21.6 Å². The van der Waals surface area contributed by atoms with Crippen LogP contribution in [0.15, 0.2) is 71.2 Å². The summed E-state index contributed by atoms with van der Waals surface area (Å²) in [6.45, 7) is 0. The Morgan fingerprint density at radius 3 is 2.77 bits per heavy atom. The van der Waals surface area contributed by atoms with Crippen LogP contribution in [-0.4, -0.2) is 32.2 Å². The Balaban J connectivity index is 1.38. The van der Waals surface area contributed by atoms with E-state index >= 15 is 0 Å². The highest BCUT2D eigenvalue weighted by Gasteiger charge is 2.20. The molecule has 1 amide bonds. The van der Waals surface area contributed by atoms with Gasteiger partial charge in [0, 0.05) is 28.2 Å². The van der Waals surface area contributed by atoms with E-state index in [1.807, 2.05) is 46.3 Å². The van der Waals surface area contributed by atoms with Crippen molar-refractivity contribution in [3.8, 4) is 5.69 Å². The van der Waals surface area contributed by atoms with Gasteiger partial charge < -0.3 is 5.32 Å². The predicted molar refractivity (Wildman–Crippen MR) is 122 cm³/mol. The first-order valence-corrected chi connectivity index (χ1v) is 11.6. The Hall–Kier alpha value is -3.23. The van der Waals surface area contributed by atoms with Crippen LogP contribution in [0.2, 0.25) is 0 Å². The SMILES string of the molecule is O=C1Cc2cc(C(=O)CSc3nnc(Cc4cccs4)n3-c3ccccc3)ccc2N1. The Morgan fingerprint density at radius 2 is 1.97 bits per heavy atom. The first kappa shape index (κ1) is 19.7. The molecular weight excluding hydrogens is 428 g/mol. The van der Waals surface area contributed by atoms with Gasteiger partial charge in [-0.25, -0.2) is 0 Å². The number of nitrogens with one attached hydrogen (secondary N) is 1. The van der Waals surface area contributed by atoms with Gasteiger partial charge >= 0.3 is 0 Å². The van der Waals surface area contributed by atoms with E-state index in [1.54, 1.807) is 29.5 Å². The van der Waals surface area contributed by atoms with Crippen LogP contribution in [0.4, 0.5) is 5.69 Å². The van der Waals surface area contributed by atoms with Gasteiger partial charge in [0.2, 0.25) is 5.91 Å². The number of Topliss-reactive ketones (excluding diaryl/α,β-unsaturated/α-hetero) is 1. The van der Waals surface area contributed by atoms with Gasteiger partial charge in [0.15, 0.2) is 10.9 Å². The second-order valence-corrected chi connectivity index (χ2v) is 9.11. The molecule has 0 saturated heterocycles. The van der Waals surface area contributed by atoms with Gasteiger partial charge in [-0.05, 0) is 47.3 Å².